The molecule has 0 aromatic carbocycles. The van der Waals surface area contributed by atoms with Crippen LogP contribution in [0.3, 0.4) is 0 Å². The monoisotopic (exact) mass is 453 g/mol. The number of aromatic nitrogens is 1. The summed E-state index contributed by atoms with van der Waals surface area (Å²) in [5.74, 6) is -1.50. The Morgan fingerprint density at radius 3 is 2.68 bits per heavy atom. The van der Waals surface area contributed by atoms with Gasteiger partial charge in [0.15, 0.2) is 0 Å². The lowest BCUT2D eigenvalue weighted by atomic mass is 10.1. The summed E-state index contributed by atoms with van der Waals surface area (Å²) in [4.78, 5) is 31.9. The second kappa shape index (κ2) is 12.0. The van der Waals surface area contributed by atoms with E-state index < -0.39 is 23.4 Å². The predicted molar refractivity (Wildman–Crippen MR) is 119 cm³/mol. The Bertz CT molecular complexity index is 776. The number of imide groups is 1. The van der Waals surface area contributed by atoms with Crippen molar-refractivity contribution in [2.75, 3.05) is 25.4 Å². The molecule has 2 rings (SSSR count). The van der Waals surface area contributed by atoms with E-state index in [4.69, 9.17) is 4.74 Å². The summed E-state index contributed by atoms with van der Waals surface area (Å²) in [7, 11) is 0. The number of aliphatic hydroxyl groups is 1. The van der Waals surface area contributed by atoms with Crippen LogP contribution in [0.25, 0.3) is 0 Å². The quantitative estimate of drug-likeness (QED) is 0.583. The molecule has 0 aliphatic carbocycles. The Morgan fingerprint density at radius 1 is 1.32 bits per heavy atom. The highest BCUT2D eigenvalue weighted by atomic mass is 32.2. The van der Waals surface area contributed by atoms with Gasteiger partial charge >= 0.3 is 6.09 Å². The van der Waals surface area contributed by atoms with Crippen LogP contribution in [0.2, 0.25) is 0 Å². The van der Waals surface area contributed by atoms with Crippen LogP contribution in [-0.4, -0.2) is 62.9 Å². The maximum absolute atomic E-state index is 12.5. The Labute approximate surface area is 187 Å². The van der Waals surface area contributed by atoms with E-state index in [1.165, 1.54) is 25.3 Å². The molecule has 7 nitrogen and oxygen atoms in total. The zero-order valence-corrected chi connectivity index (χ0v) is 19.3. The van der Waals surface area contributed by atoms with Crippen molar-refractivity contribution in [2.24, 2.45) is 0 Å². The molecule has 0 bridgehead atoms. The Morgan fingerprint density at radius 2 is 2.03 bits per heavy atom. The number of aliphatic hydroxyl groups excluding tert-OH is 1. The molecule has 1 aromatic heterocycles. The lowest BCUT2D eigenvalue weighted by Gasteiger charge is -2.26. The minimum atomic E-state index is -0.923. The molecule has 1 saturated heterocycles. The number of nitrogens with zero attached hydrogens (tertiary/aromatic N) is 3. The van der Waals surface area contributed by atoms with Crippen LogP contribution >= 0.6 is 12.1 Å². The lowest BCUT2D eigenvalue weighted by molar-refractivity contribution is -0.127. The van der Waals surface area contributed by atoms with Gasteiger partial charge in [0.2, 0.25) is 5.91 Å². The van der Waals surface area contributed by atoms with Gasteiger partial charge in [0.25, 0.3) is 0 Å². The summed E-state index contributed by atoms with van der Waals surface area (Å²) in [6.07, 6.45) is 6.40. The fraction of sp³-hybridized carbons (Fsp3) is 0.591. The van der Waals surface area contributed by atoms with Gasteiger partial charge < -0.3 is 9.84 Å². The van der Waals surface area contributed by atoms with Gasteiger partial charge in [0, 0.05) is 24.9 Å². The van der Waals surface area contributed by atoms with E-state index in [0.717, 1.165) is 30.9 Å². The Balaban J connectivity index is 2.00. The van der Waals surface area contributed by atoms with Crippen molar-refractivity contribution in [1.29, 1.82) is 0 Å². The first-order chi connectivity index (χ1) is 14.7. The molecule has 2 amide bonds. The molecule has 0 radical (unpaired) electrons. The van der Waals surface area contributed by atoms with Gasteiger partial charge in [-0.05, 0) is 70.5 Å². The highest BCUT2D eigenvalue weighted by Gasteiger charge is 2.28. The minimum absolute atomic E-state index is 0.188. The number of carbonyl (C=O) groups is 2. The molecule has 1 aliphatic heterocycles. The molecule has 0 unspecified atom stereocenters. The third kappa shape index (κ3) is 9.26. The average Bonchev–Trinajstić information content (AvgIpc) is 2.70. The number of halogens is 1. The molecular formula is C22H32FN3O4S. The number of piperidine rings is 1. The summed E-state index contributed by atoms with van der Waals surface area (Å²) in [5, 5.41) is 10.3. The van der Waals surface area contributed by atoms with Crippen LogP contribution in [0.1, 0.15) is 51.3 Å². The predicted octanol–water partition coefficient (Wildman–Crippen LogP) is 4.43. The molecular weight excluding hydrogens is 421 g/mol. The van der Waals surface area contributed by atoms with Gasteiger partial charge in [-0.25, -0.2) is 9.69 Å². The number of allylic oxidation sites excluding steroid dienone is 1. The van der Waals surface area contributed by atoms with E-state index in [-0.39, 0.29) is 24.5 Å². The smallest absolute Gasteiger partial charge is 0.417 e. The average molecular weight is 454 g/mol. The van der Waals surface area contributed by atoms with E-state index in [0.29, 0.717) is 11.3 Å². The number of likely N-dealkylation sites (tertiary alicyclic amines) is 1. The van der Waals surface area contributed by atoms with Gasteiger partial charge in [-0.15, -0.1) is 0 Å². The lowest BCUT2D eigenvalue weighted by Crippen LogP contribution is -2.42. The molecule has 1 aliphatic rings. The van der Waals surface area contributed by atoms with E-state index in [1.807, 2.05) is 12.1 Å². The van der Waals surface area contributed by atoms with Crippen LogP contribution < -0.4 is 0 Å². The summed E-state index contributed by atoms with van der Waals surface area (Å²) < 4.78 is 17.7. The van der Waals surface area contributed by atoms with Crippen molar-refractivity contribution in [3.63, 3.8) is 0 Å². The second-order valence-electron chi connectivity index (χ2n) is 8.61. The topological polar surface area (TPSA) is 83.0 Å². The molecule has 9 heteroatoms. The number of hydrogen-bond acceptors (Lipinski definition) is 7. The number of carbonyl (C=O) groups excluding carboxylic acids is 2. The van der Waals surface area contributed by atoms with Gasteiger partial charge in [-0.3, -0.25) is 14.7 Å². The first kappa shape index (κ1) is 25.1. The van der Waals surface area contributed by atoms with Crippen LogP contribution in [0, 0.1) is 0 Å². The first-order valence-electron chi connectivity index (χ1n) is 10.5. The number of hydrogen-bond donors (Lipinski definition) is 1. The minimum Gasteiger partial charge on any atom is -0.511 e. The van der Waals surface area contributed by atoms with Gasteiger partial charge in [0.1, 0.15) is 17.1 Å². The van der Waals surface area contributed by atoms with Crippen LogP contribution in [0.15, 0.2) is 30.2 Å². The fourth-order valence-corrected chi connectivity index (χ4v) is 3.51. The summed E-state index contributed by atoms with van der Waals surface area (Å²) in [6.45, 7) is 7.67. The maximum Gasteiger partial charge on any atom is 0.417 e. The van der Waals surface area contributed by atoms with Crippen molar-refractivity contribution in [2.45, 2.75) is 58.6 Å². The van der Waals surface area contributed by atoms with E-state index in [1.54, 1.807) is 27.0 Å². The number of ether oxygens (including phenoxy) is 1. The van der Waals surface area contributed by atoms with Crippen LogP contribution in [0.4, 0.5) is 8.68 Å². The standard InChI is InChI=1S/C22H32FN3O4S/c1-22(2,3)30-21(29)26(20(28)16-31-23)15-19(27)8-7-18-13-17(9-10-24-18)14-25-11-5-4-6-12-25/h8-10,13,27H,4-7,11-12,14-16H2,1-3H3/b19-8-. The SMILES string of the molecule is CC(C)(C)OC(=O)N(C/C(O)=C/Cc1cc(CN2CCCCC2)ccn1)C(=O)CSF. The first-order valence-corrected chi connectivity index (χ1v) is 11.4. The molecule has 0 saturated carbocycles. The van der Waals surface area contributed by atoms with Crippen molar-refractivity contribution in [3.05, 3.63) is 41.4 Å². The van der Waals surface area contributed by atoms with Crippen LogP contribution in [-0.2, 0) is 22.5 Å². The number of pyridine rings is 1. The van der Waals surface area contributed by atoms with E-state index >= 15 is 0 Å². The largest absolute Gasteiger partial charge is 0.511 e. The molecule has 0 atom stereocenters. The Hall–Kier alpha value is -2.13. The molecule has 1 fully saturated rings. The van der Waals surface area contributed by atoms with Crippen molar-refractivity contribution >= 4 is 24.1 Å². The maximum atomic E-state index is 12.5. The molecule has 31 heavy (non-hydrogen) atoms. The third-order valence-electron chi connectivity index (χ3n) is 4.70. The highest BCUT2D eigenvalue weighted by Crippen LogP contribution is 2.15. The normalized spacial score (nSPS) is 15.5. The number of amides is 2. The number of rotatable bonds is 8. The van der Waals surface area contributed by atoms with Gasteiger partial charge in [-0.2, -0.15) is 3.89 Å². The zero-order valence-electron chi connectivity index (χ0n) is 18.5. The van der Waals surface area contributed by atoms with E-state index in [2.05, 4.69) is 9.88 Å². The Kier molecular flexibility index (Phi) is 9.77. The molecule has 1 N–H and O–H groups in total. The van der Waals surface area contributed by atoms with Crippen molar-refractivity contribution in [3.8, 4) is 0 Å². The van der Waals surface area contributed by atoms with Gasteiger partial charge in [0.05, 0.1) is 18.7 Å². The zero-order chi connectivity index (χ0) is 22.9. The fourth-order valence-electron chi connectivity index (χ4n) is 3.26. The molecule has 2 heterocycles. The van der Waals surface area contributed by atoms with Crippen LogP contribution in [0.5, 0.6) is 0 Å². The molecule has 1 aromatic rings. The van der Waals surface area contributed by atoms with Gasteiger partial charge in [-0.1, -0.05) is 6.42 Å². The summed E-state index contributed by atoms with van der Waals surface area (Å²) >= 11 is -0.188. The highest BCUT2D eigenvalue weighted by molar-refractivity contribution is 7.95. The third-order valence-corrected chi connectivity index (χ3v) is 5.05. The van der Waals surface area contributed by atoms with Crippen molar-refractivity contribution < 1.29 is 23.3 Å². The van der Waals surface area contributed by atoms with E-state index in [9.17, 15) is 18.6 Å². The summed E-state index contributed by atoms with van der Waals surface area (Å²) in [6, 6.07) is 3.98. The summed E-state index contributed by atoms with van der Waals surface area (Å²) in [5.41, 5.74) is 1.11. The molecule has 0 spiro atoms. The van der Waals surface area contributed by atoms with Crippen molar-refractivity contribution in [1.82, 2.24) is 14.8 Å². The molecule has 172 valence electrons. The second-order valence-corrected chi connectivity index (χ2v) is 9.11.